The number of aromatic amines is 1. The fourth-order valence-electron chi connectivity index (χ4n) is 2.18. The van der Waals surface area contributed by atoms with Gasteiger partial charge in [0.25, 0.3) is 5.56 Å². The number of aliphatic hydroxyl groups excluding tert-OH is 2. The zero-order chi connectivity index (χ0) is 16.4. The Morgan fingerprint density at radius 1 is 1.55 bits per heavy atom. The number of carbonyl (C=O) groups is 1. The molecule has 0 unspecified atom stereocenters. The summed E-state index contributed by atoms with van der Waals surface area (Å²) in [5.74, 6) is -0.640. The summed E-state index contributed by atoms with van der Waals surface area (Å²) >= 11 is 4.17. The second kappa shape index (κ2) is 6.65. The molecular formula is C12H16N2O7S. The minimum Gasteiger partial charge on any atom is -0.469 e. The first-order valence-corrected chi connectivity index (χ1v) is 6.94. The Labute approximate surface area is 129 Å². The molecule has 1 aliphatic heterocycles. The largest absolute Gasteiger partial charge is 0.469 e. The van der Waals surface area contributed by atoms with E-state index in [0.717, 1.165) is 4.57 Å². The van der Waals surface area contributed by atoms with E-state index >= 15 is 0 Å². The Balaban J connectivity index is 2.39. The smallest absolute Gasteiger partial charge is 0.330 e. The van der Waals surface area contributed by atoms with Crippen LogP contribution >= 0.6 is 12.6 Å². The molecule has 3 N–H and O–H groups in total. The normalized spacial score (nSPS) is 27.8. The van der Waals surface area contributed by atoms with Crippen molar-refractivity contribution in [3.63, 3.8) is 0 Å². The van der Waals surface area contributed by atoms with E-state index in [0.29, 0.717) is 0 Å². The molecule has 22 heavy (non-hydrogen) atoms. The maximum Gasteiger partial charge on any atom is 0.330 e. The van der Waals surface area contributed by atoms with Crippen LogP contribution in [0, 0.1) is 0 Å². The van der Waals surface area contributed by atoms with Gasteiger partial charge in [-0.3, -0.25) is 19.1 Å². The van der Waals surface area contributed by atoms with Crippen molar-refractivity contribution in [2.75, 3.05) is 13.7 Å². The van der Waals surface area contributed by atoms with Crippen molar-refractivity contribution in [3.05, 3.63) is 32.6 Å². The van der Waals surface area contributed by atoms with Gasteiger partial charge >= 0.3 is 11.7 Å². The summed E-state index contributed by atoms with van der Waals surface area (Å²) in [5, 5.41) is 18.2. The number of carbonyl (C=O) groups excluding carboxylic acids is 1. The average molecular weight is 332 g/mol. The summed E-state index contributed by atoms with van der Waals surface area (Å²) in [6.07, 6.45) is -2.12. The molecule has 2 heterocycles. The van der Waals surface area contributed by atoms with Crippen LogP contribution in [0.5, 0.6) is 0 Å². The summed E-state index contributed by atoms with van der Waals surface area (Å²) in [7, 11) is 1.18. The first-order valence-electron chi connectivity index (χ1n) is 6.42. The van der Waals surface area contributed by atoms with E-state index in [9.17, 15) is 19.5 Å². The zero-order valence-electron chi connectivity index (χ0n) is 11.6. The van der Waals surface area contributed by atoms with Crippen molar-refractivity contribution >= 4 is 18.6 Å². The van der Waals surface area contributed by atoms with Crippen LogP contribution in [0.25, 0.3) is 0 Å². The van der Waals surface area contributed by atoms with Crippen molar-refractivity contribution in [1.29, 1.82) is 0 Å². The summed E-state index contributed by atoms with van der Waals surface area (Å²) in [4.78, 5) is 37.0. The van der Waals surface area contributed by atoms with Gasteiger partial charge in [-0.25, -0.2) is 4.79 Å². The second-order valence-corrected chi connectivity index (χ2v) is 5.40. The summed E-state index contributed by atoms with van der Waals surface area (Å²) < 4.78 is 10.9. The first-order chi connectivity index (χ1) is 10.4. The third-order valence-corrected chi connectivity index (χ3v) is 3.96. The summed E-state index contributed by atoms with van der Waals surface area (Å²) in [6, 6.07) is 0. The SMILES string of the molecule is COC(=O)Cc1cn([C@@H]2O[C@H](CO)[C@H](O)[C@H]2S)c(=O)[nH]c1=O. The van der Waals surface area contributed by atoms with Gasteiger partial charge in [-0.15, -0.1) is 0 Å². The van der Waals surface area contributed by atoms with Crippen LogP contribution in [0.3, 0.4) is 0 Å². The maximum atomic E-state index is 11.9. The Bertz CT molecular complexity index is 670. The maximum absolute atomic E-state index is 11.9. The molecule has 0 spiro atoms. The van der Waals surface area contributed by atoms with Crippen molar-refractivity contribution in [2.45, 2.75) is 30.1 Å². The number of nitrogens with one attached hydrogen (secondary N) is 1. The highest BCUT2D eigenvalue weighted by Crippen LogP contribution is 2.31. The van der Waals surface area contributed by atoms with Gasteiger partial charge in [-0.05, 0) is 0 Å². The molecule has 2 rings (SSSR count). The van der Waals surface area contributed by atoms with E-state index in [1.54, 1.807) is 0 Å². The monoisotopic (exact) mass is 332 g/mol. The predicted octanol–water partition coefficient (Wildman–Crippen LogP) is -2.20. The number of hydrogen-bond acceptors (Lipinski definition) is 8. The van der Waals surface area contributed by atoms with E-state index < -0.39 is 47.5 Å². The fraction of sp³-hybridized carbons (Fsp3) is 0.583. The molecule has 1 fully saturated rings. The Hall–Kier alpha value is -1.62. The van der Waals surface area contributed by atoms with Crippen LogP contribution < -0.4 is 11.2 Å². The van der Waals surface area contributed by atoms with Gasteiger partial charge in [0, 0.05) is 11.8 Å². The quantitative estimate of drug-likeness (QED) is 0.363. The van der Waals surface area contributed by atoms with E-state index in [4.69, 9.17) is 9.84 Å². The number of methoxy groups -OCH3 is 1. The van der Waals surface area contributed by atoms with Crippen molar-refractivity contribution in [1.82, 2.24) is 9.55 Å². The third kappa shape index (κ3) is 3.09. The molecule has 0 bridgehead atoms. The lowest BCUT2D eigenvalue weighted by molar-refractivity contribution is -0.139. The lowest BCUT2D eigenvalue weighted by Crippen LogP contribution is -2.37. The summed E-state index contributed by atoms with van der Waals surface area (Å²) in [6.45, 7) is -0.443. The standard InChI is InChI=1S/C12H16N2O7S/c1-20-7(16)2-5-3-14(12(19)13-10(5)18)11-9(22)8(17)6(4-15)21-11/h3,6,8-9,11,15,17,22H,2,4H2,1H3,(H,13,18,19)/t6-,8+,9-,11-/m1/s1. The van der Waals surface area contributed by atoms with Crippen molar-refractivity contribution in [2.24, 2.45) is 0 Å². The molecule has 122 valence electrons. The molecular weight excluding hydrogens is 316 g/mol. The van der Waals surface area contributed by atoms with Gasteiger partial charge in [-0.2, -0.15) is 12.6 Å². The van der Waals surface area contributed by atoms with Gasteiger partial charge in [-0.1, -0.05) is 0 Å². The number of rotatable bonds is 4. The Kier molecular flexibility index (Phi) is 5.06. The lowest BCUT2D eigenvalue weighted by Gasteiger charge is -2.18. The highest BCUT2D eigenvalue weighted by molar-refractivity contribution is 7.81. The van der Waals surface area contributed by atoms with Crippen LogP contribution in [0.2, 0.25) is 0 Å². The van der Waals surface area contributed by atoms with E-state index in [1.807, 2.05) is 0 Å². The molecule has 0 aliphatic carbocycles. The molecule has 4 atom stereocenters. The van der Waals surface area contributed by atoms with Crippen LogP contribution in [0.15, 0.2) is 15.8 Å². The van der Waals surface area contributed by atoms with E-state index in [1.165, 1.54) is 13.3 Å². The number of aliphatic hydroxyl groups is 2. The molecule has 1 aromatic rings. The molecule has 0 aromatic carbocycles. The molecule has 0 radical (unpaired) electrons. The minimum atomic E-state index is -1.08. The topological polar surface area (TPSA) is 131 Å². The van der Waals surface area contributed by atoms with Crippen LogP contribution in [0.1, 0.15) is 11.8 Å². The molecule has 1 aliphatic rings. The molecule has 0 saturated carbocycles. The highest BCUT2D eigenvalue weighted by atomic mass is 32.1. The molecule has 1 saturated heterocycles. The third-order valence-electron chi connectivity index (χ3n) is 3.40. The molecule has 1 aromatic heterocycles. The fourth-order valence-corrected chi connectivity index (χ4v) is 2.59. The average Bonchev–Trinajstić information content (AvgIpc) is 2.77. The Morgan fingerprint density at radius 3 is 2.77 bits per heavy atom. The highest BCUT2D eigenvalue weighted by Gasteiger charge is 2.42. The van der Waals surface area contributed by atoms with Gasteiger partial charge < -0.3 is 19.7 Å². The number of hydrogen-bond donors (Lipinski definition) is 4. The van der Waals surface area contributed by atoms with Crippen LogP contribution in [-0.2, 0) is 20.7 Å². The van der Waals surface area contributed by atoms with Crippen molar-refractivity contribution < 1.29 is 24.5 Å². The predicted molar refractivity (Wildman–Crippen MR) is 76.8 cm³/mol. The first kappa shape index (κ1) is 16.7. The molecule has 0 amide bonds. The Morgan fingerprint density at radius 2 is 2.23 bits per heavy atom. The molecule has 10 heteroatoms. The summed E-state index contributed by atoms with van der Waals surface area (Å²) in [5.41, 5.74) is -1.47. The minimum absolute atomic E-state index is 0.0116. The number of ether oxygens (including phenoxy) is 2. The zero-order valence-corrected chi connectivity index (χ0v) is 12.5. The van der Waals surface area contributed by atoms with E-state index in [-0.39, 0.29) is 12.0 Å². The number of thiol groups is 1. The second-order valence-electron chi connectivity index (χ2n) is 4.80. The van der Waals surface area contributed by atoms with Crippen LogP contribution in [-0.4, -0.2) is 56.9 Å². The van der Waals surface area contributed by atoms with Gasteiger partial charge in [0.2, 0.25) is 0 Å². The van der Waals surface area contributed by atoms with Crippen molar-refractivity contribution in [3.8, 4) is 0 Å². The van der Waals surface area contributed by atoms with Gasteiger partial charge in [0.15, 0.2) is 6.23 Å². The lowest BCUT2D eigenvalue weighted by atomic mass is 10.2. The number of H-pyrrole nitrogens is 1. The number of aromatic nitrogens is 2. The van der Waals surface area contributed by atoms with E-state index in [2.05, 4.69) is 22.3 Å². The van der Waals surface area contributed by atoms with Crippen LogP contribution in [0.4, 0.5) is 0 Å². The number of esters is 1. The van der Waals surface area contributed by atoms with Gasteiger partial charge in [0.05, 0.1) is 31.5 Å². The number of nitrogens with zero attached hydrogens (tertiary/aromatic N) is 1. The van der Waals surface area contributed by atoms with Gasteiger partial charge in [0.1, 0.15) is 6.10 Å². The molecule has 9 nitrogen and oxygen atoms in total.